The quantitative estimate of drug-likeness (QED) is 0.243. The number of carbonyl (C=O) groups is 1. The number of carbonyl (C=O) groups excluding carboxylic acids is 1. The lowest BCUT2D eigenvalue weighted by molar-refractivity contribution is -0.136. The first kappa shape index (κ1) is 22.9. The summed E-state index contributed by atoms with van der Waals surface area (Å²) >= 11 is 30.0. The highest BCUT2D eigenvalue weighted by Gasteiger charge is 2.40. The Kier molecular flexibility index (Phi) is 7.30. The minimum Gasteiger partial charge on any atom is -0.372 e. The number of rotatable bonds is 5. The zero-order valence-corrected chi connectivity index (χ0v) is 18.8. The maximum Gasteiger partial charge on any atom is 0.281 e. The van der Waals surface area contributed by atoms with Crippen molar-refractivity contribution in [3.8, 4) is 0 Å². The molecule has 3 aromatic rings. The zero-order chi connectivity index (χ0) is 21.9. The number of halogens is 5. The van der Waals surface area contributed by atoms with E-state index in [1.54, 1.807) is 48.5 Å². The van der Waals surface area contributed by atoms with E-state index >= 15 is 0 Å². The number of hydrogen-bond donors (Lipinski definition) is 2. The second-order valence-electron chi connectivity index (χ2n) is 6.21. The van der Waals surface area contributed by atoms with Crippen LogP contribution in [0.5, 0.6) is 0 Å². The molecule has 1 amide bonds. The van der Waals surface area contributed by atoms with E-state index in [1.165, 1.54) is 18.3 Å². The highest BCUT2D eigenvalue weighted by Crippen LogP contribution is 2.32. The average molecular weight is 503 g/mol. The van der Waals surface area contributed by atoms with E-state index in [2.05, 4.69) is 10.5 Å². The summed E-state index contributed by atoms with van der Waals surface area (Å²) in [5.41, 5.74) is 1.27. The van der Waals surface area contributed by atoms with Crippen LogP contribution in [0.4, 0.5) is 0 Å². The van der Waals surface area contributed by atoms with Gasteiger partial charge in [0.25, 0.3) is 5.91 Å². The van der Waals surface area contributed by atoms with Gasteiger partial charge in [-0.3, -0.25) is 4.79 Å². The van der Waals surface area contributed by atoms with E-state index in [1.807, 2.05) is 0 Å². The molecule has 30 heavy (non-hydrogen) atoms. The summed E-state index contributed by atoms with van der Waals surface area (Å²) in [6.07, 6.45) is 1.28. The first-order valence-corrected chi connectivity index (χ1v) is 10.3. The molecule has 0 radical (unpaired) electrons. The SMILES string of the molecule is O=C(N/N=C/c1cc(Cl)cc(Cl)c1Cl)C(O)(c1ccc(Cl)cc1)c1ccc(Cl)cc1. The Labute approximate surface area is 198 Å². The van der Waals surface area contributed by atoms with Gasteiger partial charge in [0.05, 0.1) is 16.3 Å². The third-order valence-corrected chi connectivity index (χ3v) is 5.78. The highest BCUT2D eigenvalue weighted by atomic mass is 35.5. The molecule has 3 rings (SSSR count). The smallest absolute Gasteiger partial charge is 0.281 e. The molecule has 0 heterocycles. The molecular formula is C21H13Cl5N2O2. The molecule has 0 atom stereocenters. The van der Waals surface area contributed by atoms with E-state index in [9.17, 15) is 9.90 Å². The molecule has 4 nitrogen and oxygen atoms in total. The molecule has 2 N–H and O–H groups in total. The highest BCUT2D eigenvalue weighted by molar-refractivity contribution is 6.44. The van der Waals surface area contributed by atoms with Gasteiger partial charge in [-0.25, -0.2) is 5.43 Å². The van der Waals surface area contributed by atoms with Crippen molar-refractivity contribution in [2.45, 2.75) is 5.60 Å². The molecule has 154 valence electrons. The van der Waals surface area contributed by atoms with Gasteiger partial charge < -0.3 is 5.11 Å². The molecule has 0 fully saturated rings. The third kappa shape index (κ3) is 4.92. The van der Waals surface area contributed by atoms with Crippen molar-refractivity contribution in [3.05, 3.63) is 102 Å². The second kappa shape index (κ2) is 9.56. The van der Waals surface area contributed by atoms with Crippen molar-refractivity contribution in [2.24, 2.45) is 5.10 Å². The summed E-state index contributed by atoms with van der Waals surface area (Å²) < 4.78 is 0. The minimum atomic E-state index is -2.05. The van der Waals surface area contributed by atoms with Gasteiger partial charge >= 0.3 is 0 Å². The third-order valence-electron chi connectivity index (χ3n) is 4.24. The van der Waals surface area contributed by atoms with Gasteiger partial charge in [0.1, 0.15) is 0 Å². The van der Waals surface area contributed by atoms with E-state index in [0.29, 0.717) is 31.8 Å². The first-order chi connectivity index (χ1) is 14.2. The number of hydrazone groups is 1. The fourth-order valence-electron chi connectivity index (χ4n) is 2.72. The number of amides is 1. The van der Waals surface area contributed by atoms with Crippen LogP contribution in [0, 0.1) is 0 Å². The molecule has 9 heteroatoms. The van der Waals surface area contributed by atoms with Crippen molar-refractivity contribution < 1.29 is 9.90 Å². The first-order valence-electron chi connectivity index (χ1n) is 8.44. The fourth-order valence-corrected chi connectivity index (χ4v) is 3.64. The van der Waals surface area contributed by atoms with Gasteiger partial charge in [0.15, 0.2) is 5.60 Å². The van der Waals surface area contributed by atoms with Crippen molar-refractivity contribution in [1.29, 1.82) is 0 Å². The van der Waals surface area contributed by atoms with Gasteiger partial charge in [0, 0.05) is 20.6 Å². The molecule has 0 unspecified atom stereocenters. The predicted octanol–water partition coefficient (Wildman–Crippen LogP) is 6.34. The maximum atomic E-state index is 13.0. The van der Waals surface area contributed by atoms with Gasteiger partial charge in [0.2, 0.25) is 0 Å². The van der Waals surface area contributed by atoms with E-state index in [4.69, 9.17) is 58.0 Å². The molecule has 0 spiro atoms. The van der Waals surface area contributed by atoms with Crippen LogP contribution in [0.2, 0.25) is 25.1 Å². The summed E-state index contributed by atoms with van der Waals surface area (Å²) in [5.74, 6) is -0.798. The van der Waals surface area contributed by atoms with Gasteiger partial charge in [-0.05, 0) is 47.5 Å². The molecule has 0 saturated carbocycles. The second-order valence-corrected chi connectivity index (χ2v) is 8.31. The molecule has 3 aromatic carbocycles. The Morgan fingerprint density at radius 3 is 1.83 bits per heavy atom. The Bertz CT molecular complexity index is 1050. The molecule has 0 aromatic heterocycles. The van der Waals surface area contributed by atoms with Gasteiger partial charge in [-0.1, -0.05) is 82.3 Å². The van der Waals surface area contributed by atoms with Crippen LogP contribution in [0.25, 0.3) is 0 Å². The van der Waals surface area contributed by atoms with E-state index < -0.39 is 11.5 Å². The summed E-state index contributed by atoms with van der Waals surface area (Å²) in [7, 11) is 0. The normalized spacial score (nSPS) is 11.7. The molecule has 0 aliphatic rings. The van der Waals surface area contributed by atoms with Crippen LogP contribution in [0.1, 0.15) is 16.7 Å². The van der Waals surface area contributed by atoms with Crippen LogP contribution in [-0.4, -0.2) is 17.2 Å². The van der Waals surface area contributed by atoms with Crippen LogP contribution < -0.4 is 5.43 Å². The zero-order valence-electron chi connectivity index (χ0n) is 15.0. The maximum absolute atomic E-state index is 13.0. The summed E-state index contributed by atoms with van der Waals surface area (Å²) in [6, 6.07) is 15.5. The Morgan fingerprint density at radius 1 is 0.833 bits per heavy atom. The number of aliphatic hydroxyl groups is 1. The molecule has 0 bridgehead atoms. The van der Waals surface area contributed by atoms with Crippen LogP contribution in [-0.2, 0) is 10.4 Å². The summed E-state index contributed by atoms with van der Waals surface area (Å²) in [5, 5.41) is 17.1. The van der Waals surface area contributed by atoms with Crippen molar-refractivity contribution >= 4 is 70.1 Å². The predicted molar refractivity (Wildman–Crippen MR) is 123 cm³/mol. The number of nitrogens with one attached hydrogen (secondary N) is 1. The number of nitrogens with zero attached hydrogens (tertiary/aromatic N) is 1. The van der Waals surface area contributed by atoms with Crippen molar-refractivity contribution in [2.75, 3.05) is 0 Å². The lowest BCUT2D eigenvalue weighted by atomic mass is 9.85. The van der Waals surface area contributed by atoms with Crippen molar-refractivity contribution in [3.63, 3.8) is 0 Å². The largest absolute Gasteiger partial charge is 0.372 e. The lowest BCUT2D eigenvalue weighted by Crippen LogP contribution is -2.43. The summed E-state index contributed by atoms with van der Waals surface area (Å²) in [4.78, 5) is 13.0. The van der Waals surface area contributed by atoms with E-state index in [0.717, 1.165) is 0 Å². The van der Waals surface area contributed by atoms with Gasteiger partial charge in [-0.15, -0.1) is 0 Å². The topological polar surface area (TPSA) is 61.7 Å². The Hall–Kier alpha value is -1.79. The van der Waals surface area contributed by atoms with Crippen LogP contribution >= 0.6 is 58.0 Å². The number of hydrogen-bond acceptors (Lipinski definition) is 3. The Balaban J connectivity index is 1.95. The molecule has 0 aliphatic carbocycles. The fraction of sp³-hybridized carbons (Fsp3) is 0.0476. The molecular weight excluding hydrogens is 490 g/mol. The monoisotopic (exact) mass is 500 g/mol. The Morgan fingerprint density at radius 2 is 1.33 bits per heavy atom. The van der Waals surface area contributed by atoms with Gasteiger partial charge in [-0.2, -0.15) is 5.10 Å². The van der Waals surface area contributed by atoms with Crippen LogP contribution in [0.3, 0.4) is 0 Å². The summed E-state index contributed by atoms with van der Waals surface area (Å²) in [6.45, 7) is 0. The molecule has 0 aliphatic heterocycles. The standard InChI is InChI=1S/C21H13Cl5N2O2/c22-15-5-1-13(2-6-15)21(30,14-3-7-16(23)8-4-14)20(29)28-27-11-12-9-17(24)10-18(25)19(12)26/h1-11,30H,(H,28,29)/b27-11+. The molecule has 0 saturated heterocycles. The average Bonchev–Trinajstić information content (AvgIpc) is 2.71. The van der Waals surface area contributed by atoms with Crippen molar-refractivity contribution in [1.82, 2.24) is 5.43 Å². The minimum absolute atomic E-state index is 0.227. The lowest BCUT2D eigenvalue weighted by Gasteiger charge is -2.27. The number of benzene rings is 3. The van der Waals surface area contributed by atoms with Crippen LogP contribution in [0.15, 0.2) is 65.8 Å². The van der Waals surface area contributed by atoms with E-state index in [-0.39, 0.29) is 10.0 Å².